The highest BCUT2D eigenvalue weighted by Gasteiger charge is 2.14. The number of aromatic nitrogens is 1. The summed E-state index contributed by atoms with van der Waals surface area (Å²) in [5, 5.41) is 4.04. The maximum Gasteiger partial charge on any atom is 0.137 e. The molecule has 1 aromatic rings. The fourth-order valence-electron chi connectivity index (χ4n) is 1.72. The minimum atomic E-state index is 1.03. The smallest absolute Gasteiger partial charge is 0.137 e. The lowest BCUT2D eigenvalue weighted by Crippen LogP contribution is -1.87. The lowest BCUT2D eigenvalue weighted by Gasteiger charge is -1.92. The zero-order valence-corrected chi connectivity index (χ0v) is 6.89. The first-order chi connectivity index (χ1) is 5.38. The third-order valence-corrected chi connectivity index (χ3v) is 2.41. The number of nitrogens with zero attached hydrogens (tertiary/aromatic N) is 1. The Balaban J connectivity index is 2.35. The van der Waals surface area contributed by atoms with Crippen molar-refractivity contribution < 1.29 is 4.52 Å². The molecule has 1 aliphatic carbocycles. The van der Waals surface area contributed by atoms with Crippen molar-refractivity contribution in [2.75, 3.05) is 0 Å². The van der Waals surface area contributed by atoms with Gasteiger partial charge >= 0.3 is 0 Å². The first-order valence-electron chi connectivity index (χ1n) is 4.32. The van der Waals surface area contributed by atoms with Crippen LogP contribution >= 0.6 is 0 Å². The Hall–Kier alpha value is -0.790. The van der Waals surface area contributed by atoms with Crippen molar-refractivity contribution in [2.24, 2.45) is 0 Å². The summed E-state index contributed by atoms with van der Waals surface area (Å²) in [5.41, 5.74) is 2.59. The molecule has 0 unspecified atom stereocenters. The van der Waals surface area contributed by atoms with E-state index in [9.17, 15) is 0 Å². The fourth-order valence-corrected chi connectivity index (χ4v) is 1.72. The van der Waals surface area contributed by atoms with Crippen molar-refractivity contribution in [1.82, 2.24) is 5.16 Å². The first kappa shape index (κ1) is 6.89. The van der Waals surface area contributed by atoms with Gasteiger partial charge in [-0.2, -0.15) is 0 Å². The van der Waals surface area contributed by atoms with Gasteiger partial charge in [-0.1, -0.05) is 11.6 Å². The molecule has 2 nitrogen and oxygen atoms in total. The van der Waals surface area contributed by atoms with Crippen LogP contribution in [-0.2, 0) is 12.8 Å². The van der Waals surface area contributed by atoms with Crippen LogP contribution in [0.2, 0.25) is 0 Å². The quantitative estimate of drug-likeness (QED) is 0.531. The van der Waals surface area contributed by atoms with Crippen molar-refractivity contribution in [3.05, 3.63) is 17.0 Å². The van der Waals surface area contributed by atoms with Crippen molar-refractivity contribution >= 4 is 0 Å². The second-order valence-corrected chi connectivity index (χ2v) is 3.22. The van der Waals surface area contributed by atoms with E-state index in [-0.39, 0.29) is 0 Å². The summed E-state index contributed by atoms with van der Waals surface area (Å²) in [5.74, 6) is 1.03. The minimum absolute atomic E-state index is 1.03. The zero-order chi connectivity index (χ0) is 7.68. The molecule has 2 rings (SSSR count). The van der Waals surface area contributed by atoms with E-state index in [0.29, 0.717) is 0 Å². The molecule has 0 N–H and O–H groups in total. The van der Waals surface area contributed by atoms with Crippen LogP contribution in [0.25, 0.3) is 0 Å². The summed E-state index contributed by atoms with van der Waals surface area (Å²) in [6.07, 6.45) is 6.21. The molecule has 0 saturated heterocycles. The lowest BCUT2D eigenvalue weighted by atomic mass is 10.1. The highest BCUT2D eigenvalue weighted by atomic mass is 16.5. The molecular formula is C9H13NO. The Bertz CT molecular complexity index is 252. The van der Waals surface area contributed by atoms with Crippen LogP contribution in [0.3, 0.4) is 0 Å². The van der Waals surface area contributed by atoms with Crippen LogP contribution in [0, 0.1) is 6.92 Å². The monoisotopic (exact) mass is 151 g/mol. The molecule has 1 heterocycles. The fraction of sp³-hybridized carbons (Fsp3) is 0.667. The molecule has 0 aliphatic heterocycles. The summed E-state index contributed by atoms with van der Waals surface area (Å²) in [4.78, 5) is 0. The Morgan fingerprint density at radius 1 is 1.18 bits per heavy atom. The molecule has 0 aromatic carbocycles. The second kappa shape index (κ2) is 2.68. The predicted molar refractivity (Wildman–Crippen MR) is 42.5 cm³/mol. The third-order valence-electron chi connectivity index (χ3n) is 2.41. The highest BCUT2D eigenvalue weighted by molar-refractivity contribution is 5.23. The van der Waals surface area contributed by atoms with E-state index in [4.69, 9.17) is 4.52 Å². The van der Waals surface area contributed by atoms with Gasteiger partial charge in [0.05, 0.1) is 5.69 Å². The van der Waals surface area contributed by atoms with E-state index in [0.717, 1.165) is 12.2 Å². The van der Waals surface area contributed by atoms with E-state index in [1.807, 2.05) is 6.92 Å². The first-order valence-corrected chi connectivity index (χ1v) is 4.32. The van der Waals surface area contributed by atoms with Crippen LogP contribution in [0.1, 0.15) is 36.3 Å². The maximum atomic E-state index is 5.12. The zero-order valence-electron chi connectivity index (χ0n) is 6.89. The number of aryl methyl sites for hydroxylation is 2. The normalized spacial score (nSPS) is 17.5. The van der Waals surface area contributed by atoms with Crippen molar-refractivity contribution in [3.8, 4) is 0 Å². The van der Waals surface area contributed by atoms with Gasteiger partial charge in [-0.25, -0.2) is 0 Å². The largest absolute Gasteiger partial charge is 0.361 e. The van der Waals surface area contributed by atoms with Gasteiger partial charge in [-0.05, 0) is 32.6 Å². The number of hydrogen-bond acceptors (Lipinski definition) is 2. The van der Waals surface area contributed by atoms with Crippen LogP contribution in [0.15, 0.2) is 4.52 Å². The molecule has 0 atom stereocenters. The van der Waals surface area contributed by atoms with Gasteiger partial charge in [0.15, 0.2) is 0 Å². The van der Waals surface area contributed by atoms with E-state index >= 15 is 0 Å². The number of hydrogen-bond donors (Lipinski definition) is 0. The minimum Gasteiger partial charge on any atom is -0.361 e. The summed E-state index contributed by atoms with van der Waals surface area (Å²) in [7, 11) is 0. The topological polar surface area (TPSA) is 26.0 Å². The molecule has 2 heteroatoms. The van der Waals surface area contributed by atoms with Gasteiger partial charge in [0.1, 0.15) is 5.76 Å². The average molecular weight is 151 g/mol. The van der Waals surface area contributed by atoms with Gasteiger partial charge in [-0.15, -0.1) is 0 Å². The van der Waals surface area contributed by atoms with Crippen LogP contribution in [0.5, 0.6) is 0 Å². The Morgan fingerprint density at radius 3 is 2.91 bits per heavy atom. The Morgan fingerprint density at radius 2 is 2.00 bits per heavy atom. The van der Waals surface area contributed by atoms with Crippen LogP contribution < -0.4 is 0 Å². The van der Waals surface area contributed by atoms with Gasteiger partial charge in [0.2, 0.25) is 0 Å². The maximum absolute atomic E-state index is 5.12. The molecule has 0 radical (unpaired) electrons. The van der Waals surface area contributed by atoms with E-state index in [2.05, 4.69) is 5.16 Å². The summed E-state index contributed by atoms with van der Waals surface area (Å²) < 4.78 is 5.12. The number of rotatable bonds is 0. The molecule has 1 aliphatic rings. The molecule has 1 aromatic heterocycles. The predicted octanol–water partition coefficient (Wildman–Crippen LogP) is 2.25. The van der Waals surface area contributed by atoms with Gasteiger partial charge in [-0.3, -0.25) is 0 Å². The molecule has 11 heavy (non-hydrogen) atoms. The van der Waals surface area contributed by atoms with Crippen LogP contribution in [0.4, 0.5) is 0 Å². The van der Waals surface area contributed by atoms with Gasteiger partial charge in [0, 0.05) is 5.56 Å². The van der Waals surface area contributed by atoms with Crippen molar-refractivity contribution in [3.63, 3.8) is 0 Å². The molecular weight excluding hydrogens is 138 g/mol. The summed E-state index contributed by atoms with van der Waals surface area (Å²) in [6, 6.07) is 0. The standard InChI is InChI=1S/C9H13NO/c1-7-8-5-3-2-4-6-9(8)10-11-7/h2-6H2,1H3. The second-order valence-electron chi connectivity index (χ2n) is 3.22. The Labute approximate surface area is 66.6 Å². The molecule has 60 valence electrons. The molecule has 0 fully saturated rings. The molecule has 0 spiro atoms. The van der Waals surface area contributed by atoms with Crippen molar-refractivity contribution in [1.29, 1.82) is 0 Å². The van der Waals surface area contributed by atoms with Crippen molar-refractivity contribution in [2.45, 2.75) is 39.0 Å². The van der Waals surface area contributed by atoms with E-state index < -0.39 is 0 Å². The average Bonchev–Trinajstić information content (AvgIpc) is 2.25. The highest BCUT2D eigenvalue weighted by Crippen LogP contribution is 2.22. The van der Waals surface area contributed by atoms with Gasteiger partial charge < -0.3 is 4.52 Å². The van der Waals surface area contributed by atoms with E-state index in [1.54, 1.807) is 0 Å². The SMILES string of the molecule is Cc1onc2c1CCCCC2. The summed E-state index contributed by atoms with van der Waals surface area (Å²) >= 11 is 0. The molecule has 0 amide bonds. The lowest BCUT2D eigenvalue weighted by molar-refractivity contribution is 0.387. The molecule has 0 bridgehead atoms. The third kappa shape index (κ3) is 1.17. The van der Waals surface area contributed by atoms with Gasteiger partial charge in [0.25, 0.3) is 0 Å². The number of fused-ring (bicyclic) bond motifs is 1. The van der Waals surface area contributed by atoms with Crippen LogP contribution in [-0.4, -0.2) is 5.16 Å². The molecule has 0 saturated carbocycles. The summed E-state index contributed by atoms with van der Waals surface area (Å²) in [6.45, 7) is 2.01. The van der Waals surface area contributed by atoms with E-state index in [1.165, 1.54) is 36.9 Å². The Kier molecular flexibility index (Phi) is 1.68.